The molecule has 4 heteroatoms. The molecule has 0 saturated carbocycles. The Morgan fingerprint density at radius 2 is 2.20 bits per heavy atom. The van der Waals surface area contributed by atoms with Gasteiger partial charge in [0, 0.05) is 6.54 Å². The fourth-order valence-electron chi connectivity index (χ4n) is 0.953. The van der Waals surface area contributed by atoms with Crippen molar-refractivity contribution < 1.29 is 0 Å². The largest absolute Gasteiger partial charge is 0.315 e. The summed E-state index contributed by atoms with van der Waals surface area (Å²) in [4.78, 5) is 0. The summed E-state index contributed by atoms with van der Waals surface area (Å²) in [6, 6.07) is 0. The van der Waals surface area contributed by atoms with E-state index >= 15 is 0 Å². The van der Waals surface area contributed by atoms with Gasteiger partial charge >= 0.3 is 0 Å². The lowest BCUT2D eigenvalue weighted by Crippen LogP contribution is -2.01. The molecule has 56 valence electrons. The Morgan fingerprint density at radius 3 is 2.60 bits per heavy atom. The Hall–Kier alpha value is -0.510. The summed E-state index contributed by atoms with van der Waals surface area (Å²) in [6.07, 6.45) is 0. The van der Waals surface area contributed by atoms with Gasteiger partial charge in [-0.05, 0) is 13.8 Å². The number of aromatic nitrogens is 3. The molecule has 0 radical (unpaired) electrons. The molecule has 1 aromatic heterocycles. The van der Waals surface area contributed by atoms with Gasteiger partial charge in [0.2, 0.25) is 0 Å². The summed E-state index contributed by atoms with van der Waals surface area (Å²) in [5.74, 6) is 2.57. The first-order valence-electron chi connectivity index (χ1n) is 3.29. The van der Waals surface area contributed by atoms with Crippen LogP contribution in [0.25, 0.3) is 0 Å². The molecule has 0 N–H and O–H groups in total. The summed E-state index contributed by atoms with van der Waals surface area (Å²) in [6.45, 7) is 4.95. The normalized spacial score (nSPS) is 10.3. The number of thiol groups is 1. The fourth-order valence-corrected chi connectivity index (χ4v) is 1.19. The Kier molecular flexibility index (Phi) is 2.32. The molecule has 0 aromatic carbocycles. The van der Waals surface area contributed by atoms with Gasteiger partial charge in [-0.3, -0.25) is 0 Å². The van der Waals surface area contributed by atoms with Crippen molar-refractivity contribution in [1.82, 2.24) is 14.8 Å². The van der Waals surface area contributed by atoms with Gasteiger partial charge in [-0.15, -0.1) is 10.2 Å². The van der Waals surface area contributed by atoms with Crippen LogP contribution < -0.4 is 0 Å². The topological polar surface area (TPSA) is 30.7 Å². The molecule has 0 amide bonds. The Morgan fingerprint density at radius 1 is 1.50 bits per heavy atom. The van der Waals surface area contributed by atoms with E-state index in [1.807, 2.05) is 11.5 Å². The Balaban J connectivity index is 3.01. The third kappa shape index (κ3) is 1.16. The minimum absolute atomic E-state index is 0.661. The zero-order valence-corrected chi connectivity index (χ0v) is 7.10. The minimum Gasteiger partial charge on any atom is -0.315 e. The van der Waals surface area contributed by atoms with Crippen molar-refractivity contribution in [3.05, 3.63) is 11.6 Å². The van der Waals surface area contributed by atoms with Gasteiger partial charge in [-0.25, -0.2) is 0 Å². The van der Waals surface area contributed by atoms with Crippen LogP contribution in [0.4, 0.5) is 0 Å². The summed E-state index contributed by atoms with van der Waals surface area (Å²) in [5, 5.41) is 7.86. The molecule has 0 unspecified atom stereocenters. The van der Waals surface area contributed by atoms with Crippen LogP contribution in [0.2, 0.25) is 0 Å². The zero-order chi connectivity index (χ0) is 7.56. The molecule has 0 bridgehead atoms. The Labute approximate surface area is 65.9 Å². The average molecular weight is 157 g/mol. The van der Waals surface area contributed by atoms with Crippen molar-refractivity contribution in [1.29, 1.82) is 0 Å². The van der Waals surface area contributed by atoms with E-state index in [2.05, 4.69) is 29.7 Å². The van der Waals surface area contributed by atoms with Crippen LogP contribution in [0, 0.1) is 6.92 Å². The van der Waals surface area contributed by atoms with E-state index in [0.717, 1.165) is 18.2 Å². The van der Waals surface area contributed by atoms with Gasteiger partial charge < -0.3 is 4.57 Å². The maximum Gasteiger partial charge on any atom is 0.142 e. The first kappa shape index (κ1) is 7.60. The SMILES string of the molecule is CCn1c(C)nnc1CS. The average Bonchev–Trinajstić information content (AvgIpc) is 2.30. The second kappa shape index (κ2) is 3.05. The maximum absolute atomic E-state index is 4.12. The molecule has 0 atom stereocenters. The zero-order valence-electron chi connectivity index (χ0n) is 6.20. The van der Waals surface area contributed by atoms with Gasteiger partial charge in [0.25, 0.3) is 0 Å². The number of rotatable bonds is 2. The Bertz CT molecular complexity index is 219. The van der Waals surface area contributed by atoms with Gasteiger partial charge in [-0.1, -0.05) is 0 Å². The van der Waals surface area contributed by atoms with Crippen molar-refractivity contribution in [3.63, 3.8) is 0 Å². The predicted molar refractivity (Wildman–Crippen MR) is 43.1 cm³/mol. The van der Waals surface area contributed by atoms with Gasteiger partial charge in [0.15, 0.2) is 0 Å². The molecule has 0 aliphatic rings. The highest BCUT2D eigenvalue weighted by Crippen LogP contribution is 2.02. The van der Waals surface area contributed by atoms with E-state index in [1.54, 1.807) is 0 Å². The smallest absolute Gasteiger partial charge is 0.142 e. The van der Waals surface area contributed by atoms with Crippen molar-refractivity contribution >= 4 is 12.6 Å². The van der Waals surface area contributed by atoms with Crippen LogP contribution in [-0.4, -0.2) is 14.8 Å². The van der Waals surface area contributed by atoms with Crippen LogP contribution in [0.3, 0.4) is 0 Å². The molecule has 1 rings (SSSR count). The molecule has 3 nitrogen and oxygen atoms in total. The summed E-state index contributed by atoms with van der Waals surface area (Å²) in [7, 11) is 0. The second-order valence-electron chi connectivity index (χ2n) is 2.07. The van der Waals surface area contributed by atoms with E-state index in [-0.39, 0.29) is 0 Å². The second-order valence-corrected chi connectivity index (χ2v) is 2.38. The molecule has 0 aliphatic heterocycles. The van der Waals surface area contributed by atoms with E-state index in [4.69, 9.17) is 0 Å². The highest BCUT2D eigenvalue weighted by Gasteiger charge is 2.02. The van der Waals surface area contributed by atoms with Crippen LogP contribution in [0.5, 0.6) is 0 Å². The highest BCUT2D eigenvalue weighted by atomic mass is 32.1. The van der Waals surface area contributed by atoms with Crippen molar-refractivity contribution in [2.75, 3.05) is 0 Å². The molecule has 0 saturated heterocycles. The monoisotopic (exact) mass is 157 g/mol. The van der Waals surface area contributed by atoms with Crippen LogP contribution in [0.15, 0.2) is 0 Å². The fraction of sp³-hybridized carbons (Fsp3) is 0.667. The van der Waals surface area contributed by atoms with Crippen LogP contribution in [-0.2, 0) is 12.3 Å². The lowest BCUT2D eigenvalue weighted by atomic mass is 10.5. The molecule has 0 spiro atoms. The number of hydrogen-bond donors (Lipinski definition) is 1. The van der Waals surface area contributed by atoms with E-state index < -0.39 is 0 Å². The summed E-state index contributed by atoms with van der Waals surface area (Å²) in [5.41, 5.74) is 0. The van der Waals surface area contributed by atoms with Gasteiger partial charge in [-0.2, -0.15) is 12.6 Å². The molecule has 0 aliphatic carbocycles. The maximum atomic E-state index is 4.12. The van der Waals surface area contributed by atoms with Gasteiger partial charge in [0.1, 0.15) is 11.6 Å². The first-order chi connectivity index (χ1) is 4.79. The lowest BCUT2D eigenvalue weighted by Gasteiger charge is -2.00. The molecular formula is C6H11N3S. The molecule has 10 heavy (non-hydrogen) atoms. The summed E-state index contributed by atoms with van der Waals surface area (Å²) < 4.78 is 2.05. The van der Waals surface area contributed by atoms with E-state index in [1.165, 1.54) is 0 Å². The quantitative estimate of drug-likeness (QED) is 0.650. The third-order valence-electron chi connectivity index (χ3n) is 1.47. The minimum atomic E-state index is 0.661. The number of aryl methyl sites for hydroxylation is 1. The van der Waals surface area contributed by atoms with Crippen LogP contribution >= 0.6 is 12.6 Å². The number of hydrogen-bond acceptors (Lipinski definition) is 3. The van der Waals surface area contributed by atoms with Crippen LogP contribution in [0.1, 0.15) is 18.6 Å². The first-order valence-corrected chi connectivity index (χ1v) is 3.92. The van der Waals surface area contributed by atoms with Crippen molar-refractivity contribution in [3.8, 4) is 0 Å². The van der Waals surface area contributed by atoms with E-state index in [9.17, 15) is 0 Å². The summed E-state index contributed by atoms with van der Waals surface area (Å²) >= 11 is 4.12. The van der Waals surface area contributed by atoms with Gasteiger partial charge in [0.05, 0.1) is 5.75 Å². The third-order valence-corrected chi connectivity index (χ3v) is 1.75. The predicted octanol–water partition coefficient (Wildman–Crippen LogP) is 1.04. The van der Waals surface area contributed by atoms with Crippen molar-refractivity contribution in [2.45, 2.75) is 26.1 Å². The van der Waals surface area contributed by atoms with E-state index in [0.29, 0.717) is 5.75 Å². The molecule has 1 aromatic rings. The molecule has 0 fully saturated rings. The molecule has 1 heterocycles. The molecular weight excluding hydrogens is 146 g/mol. The van der Waals surface area contributed by atoms with Crippen molar-refractivity contribution in [2.24, 2.45) is 0 Å². The standard InChI is InChI=1S/C6H11N3S/c1-3-9-5(2)7-8-6(9)4-10/h10H,3-4H2,1-2H3. The lowest BCUT2D eigenvalue weighted by molar-refractivity contribution is 0.702. The number of nitrogens with zero attached hydrogens (tertiary/aromatic N) is 3. The highest BCUT2D eigenvalue weighted by molar-refractivity contribution is 7.79.